The van der Waals surface area contributed by atoms with E-state index < -0.39 is 7.14 Å². The van der Waals surface area contributed by atoms with E-state index in [0.29, 0.717) is 0 Å². The maximum absolute atomic E-state index is 14.7. The van der Waals surface area contributed by atoms with Gasteiger partial charge in [-0.15, -0.1) is 0 Å². The van der Waals surface area contributed by atoms with Gasteiger partial charge in [-0.1, -0.05) is 170 Å². The molecule has 0 unspecified atom stereocenters. The molecular weight excluding hydrogens is 589 g/mol. The second-order valence-corrected chi connectivity index (χ2v) is 14.1. The summed E-state index contributed by atoms with van der Waals surface area (Å²) >= 11 is 0. The van der Waals surface area contributed by atoms with Crippen molar-refractivity contribution in [3.05, 3.63) is 205 Å². The summed E-state index contributed by atoms with van der Waals surface area (Å²) in [6, 6.07) is 65.9. The second-order valence-electron chi connectivity index (χ2n) is 11.4. The van der Waals surface area contributed by atoms with Gasteiger partial charge >= 0.3 is 0 Å². The molecule has 0 aliphatic carbocycles. The molecule has 7 aromatic rings. The summed E-state index contributed by atoms with van der Waals surface area (Å²) in [5, 5.41) is 2.52. The number of hydrogen-bond donors (Lipinski definition) is 0. The highest BCUT2D eigenvalue weighted by Gasteiger charge is 2.29. The lowest BCUT2D eigenvalue weighted by Gasteiger charge is -2.25. The maximum atomic E-state index is 14.7. The van der Waals surface area contributed by atoms with E-state index >= 15 is 0 Å². The number of benzene rings is 7. The van der Waals surface area contributed by atoms with Crippen molar-refractivity contribution in [3.63, 3.8) is 0 Å². The standard InChI is InChI=1S/C44H34NOP/c46-47(42-17-9-3-10-18-42,43-19-11-4-12-20-43)44-33-29-38(30-34-44)37-27-23-35(24-28-37)21-22-36-25-31-41(32-26-36)45(39-13-5-1-6-14-39)40-15-7-2-8-16-40/h1-34H. The van der Waals surface area contributed by atoms with Crippen molar-refractivity contribution in [1.29, 1.82) is 0 Å². The third-order valence-corrected chi connectivity index (χ3v) is 11.4. The van der Waals surface area contributed by atoms with E-state index in [2.05, 4.69) is 126 Å². The Morgan fingerprint density at radius 1 is 0.340 bits per heavy atom. The summed E-state index contributed by atoms with van der Waals surface area (Å²) in [4.78, 5) is 2.26. The Balaban J connectivity index is 1.08. The minimum Gasteiger partial charge on any atom is -0.311 e. The maximum Gasteiger partial charge on any atom is 0.171 e. The van der Waals surface area contributed by atoms with E-state index in [9.17, 15) is 4.57 Å². The highest BCUT2D eigenvalue weighted by molar-refractivity contribution is 7.85. The Kier molecular flexibility index (Phi) is 8.77. The third kappa shape index (κ3) is 6.51. The van der Waals surface area contributed by atoms with Crippen LogP contribution < -0.4 is 20.8 Å². The first kappa shape index (κ1) is 30.0. The van der Waals surface area contributed by atoms with Gasteiger partial charge in [0.2, 0.25) is 0 Å². The number of rotatable bonds is 9. The first-order valence-electron chi connectivity index (χ1n) is 15.8. The molecule has 0 N–H and O–H groups in total. The molecule has 0 bridgehead atoms. The van der Waals surface area contributed by atoms with Crippen LogP contribution >= 0.6 is 7.14 Å². The Labute approximate surface area is 277 Å². The zero-order valence-electron chi connectivity index (χ0n) is 25.9. The van der Waals surface area contributed by atoms with Gasteiger partial charge in [-0.05, 0) is 58.7 Å². The van der Waals surface area contributed by atoms with Crippen molar-refractivity contribution in [2.24, 2.45) is 0 Å². The number of hydrogen-bond acceptors (Lipinski definition) is 2. The summed E-state index contributed by atoms with van der Waals surface area (Å²) in [7, 11) is -2.99. The van der Waals surface area contributed by atoms with Gasteiger partial charge in [0.05, 0.1) is 0 Å². The van der Waals surface area contributed by atoms with Gasteiger partial charge in [0.15, 0.2) is 7.14 Å². The van der Waals surface area contributed by atoms with Crippen LogP contribution in [0.25, 0.3) is 23.3 Å². The van der Waals surface area contributed by atoms with Crippen molar-refractivity contribution in [1.82, 2.24) is 0 Å². The molecule has 0 heterocycles. The minimum atomic E-state index is -2.99. The molecule has 2 nitrogen and oxygen atoms in total. The zero-order chi connectivity index (χ0) is 31.9. The fourth-order valence-corrected chi connectivity index (χ4v) is 8.55. The van der Waals surface area contributed by atoms with Crippen molar-refractivity contribution >= 4 is 52.3 Å². The number of para-hydroxylation sites is 2. The first-order valence-corrected chi connectivity index (χ1v) is 17.5. The van der Waals surface area contributed by atoms with E-state index in [4.69, 9.17) is 0 Å². The molecule has 3 heteroatoms. The normalized spacial score (nSPS) is 11.4. The van der Waals surface area contributed by atoms with Crippen LogP contribution in [0.15, 0.2) is 194 Å². The van der Waals surface area contributed by atoms with Crippen LogP contribution in [0.2, 0.25) is 0 Å². The van der Waals surface area contributed by atoms with Crippen molar-refractivity contribution in [2.45, 2.75) is 0 Å². The van der Waals surface area contributed by atoms with Crippen molar-refractivity contribution in [2.75, 3.05) is 4.90 Å². The van der Waals surface area contributed by atoms with Crippen LogP contribution in [0.3, 0.4) is 0 Å². The first-order chi connectivity index (χ1) is 23.2. The molecule has 0 amide bonds. The minimum absolute atomic E-state index is 0.833. The largest absolute Gasteiger partial charge is 0.311 e. The molecule has 0 spiro atoms. The second kappa shape index (κ2) is 13.7. The topological polar surface area (TPSA) is 20.3 Å². The lowest BCUT2D eigenvalue weighted by atomic mass is 10.0. The van der Waals surface area contributed by atoms with Crippen LogP contribution in [0.1, 0.15) is 11.1 Å². The Bertz CT molecular complexity index is 2030. The predicted octanol–water partition coefficient (Wildman–Crippen LogP) is 10.6. The van der Waals surface area contributed by atoms with Crippen molar-refractivity contribution < 1.29 is 4.57 Å². The lowest BCUT2D eigenvalue weighted by molar-refractivity contribution is 0.592. The number of anilines is 3. The third-order valence-electron chi connectivity index (χ3n) is 8.36. The molecule has 7 rings (SSSR count). The van der Waals surface area contributed by atoms with Gasteiger partial charge < -0.3 is 9.46 Å². The highest BCUT2D eigenvalue weighted by Crippen LogP contribution is 2.42. The molecule has 0 radical (unpaired) electrons. The molecule has 0 aromatic heterocycles. The fraction of sp³-hybridized carbons (Fsp3) is 0. The molecule has 0 atom stereocenters. The van der Waals surface area contributed by atoms with Crippen LogP contribution in [-0.4, -0.2) is 0 Å². The Morgan fingerprint density at radius 3 is 1.09 bits per heavy atom. The van der Waals surface area contributed by atoms with Gasteiger partial charge in [-0.3, -0.25) is 0 Å². The Hall–Kier alpha value is -5.69. The SMILES string of the molecule is O=P(c1ccccc1)(c1ccccc1)c1ccc(-c2ccc(C=Cc3ccc(N(c4ccccc4)c4ccccc4)cc3)cc2)cc1. The van der Waals surface area contributed by atoms with Gasteiger partial charge in [-0.25, -0.2) is 0 Å². The number of nitrogens with zero attached hydrogens (tertiary/aromatic N) is 1. The van der Waals surface area contributed by atoms with E-state index in [1.807, 2.05) is 84.9 Å². The average Bonchev–Trinajstić information content (AvgIpc) is 3.16. The van der Waals surface area contributed by atoms with E-state index in [1.165, 1.54) is 0 Å². The zero-order valence-corrected chi connectivity index (χ0v) is 26.8. The summed E-state index contributed by atoms with van der Waals surface area (Å²) in [5.74, 6) is 0. The average molecular weight is 624 g/mol. The van der Waals surface area contributed by atoms with Gasteiger partial charge in [-0.2, -0.15) is 0 Å². The molecule has 0 aliphatic heterocycles. The van der Waals surface area contributed by atoms with Gasteiger partial charge in [0.1, 0.15) is 0 Å². The summed E-state index contributed by atoms with van der Waals surface area (Å²) in [6.45, 7) is 0. The molecular formula is C44H34NOP. The van der Waals surface area contributed by atoms with E-state index in [1.54, 1.807) is 0 Å². The molecule has 0 saturated heterocycles. The van der Waals surface area contributed by atoms with E-state index in [0.717, 1.165) is 55.2 Å². The Morgan fingerprint density at radius 2 is 0.660 bits per heavy atom. The molecule has 0 saturated carbocycles. The van der Waals surface area contributed by atoms with Crippen LogP contribution in [-0.2, 0) is 4.57 Å². The van der Waals surface area contributed by atoms with E-state index in [-0.39, 0.29) is 0 Å². The monoisotopic (exact) mass is 623 g/mol. The lowest BCUT2D eigenvalue weighted by Crippen LogP contribution is -2.24. The quantitative estimate of drug-likeness (QED) is 0.118. The van der Waals surface area contributed by atoms with Gasteiger partial charge in [0.25, 0.3) is 0 Å². The molecule has 0 aliphatic rings. The molecule has 0 fully saturated rings. The van der Waals surface area contributed by atoms with Crippen LogP contribution in [0.5, 0.6) is 0 Å². The fourth-order valence-electron chi connectivity index (χ4n) is 5.90. The van der Waals surface area contributed by atoms with Crippen molar-refractivity contribution in [3.8, 4) is 11.1 Å². The summed E-state index contributed by atoms with van der Waals surface area (Å²) in [6.07, 6.45) is 4.29. The predicted molar refractivity (Wildman–Crippen MR) is 201 cm³/mol. The summed E-state index contributed by atoms with van der Waals surface area (Å²) < 4.78 is 14.7. The molecule has 47 heavy (non-hydrogen) atoms. The van der Waals surface area contributed by atoms with Gasteiger partial charge in [0, 0.05) is 33.0 Å². The smallest absolute Gasteiger partial charge is 0.171 e. The molecule has 7 aromatic carbocycles. The van der Waals surface area contributed by atoms with Crippen LogP contribution in [0, 0.1) is 0 Å². The molecule has 226 valence electrons. The summed E-state index contributed by atoms with van der Waals surface area (Å²) in [5.41, 5.74) is 7.83. The highest BCUT2D eigenvalue weighted by atomic mass is 31.2. The van der Waals surface area contributed by atoms with Crippen LogP contribution in [0.4, 0.5) is 17.1 Å².